The van der Waals surface area contributed by atoms with Crippen molar-refractivity contribution in [1.82, 2.24) is 0 Å². The smallest absolute Gasteiger partial charge is 0.0655 e. The van der Waals surface area contributed by atoms with Gasteiger partial charge in [0.2, 0.25) is 0 Å². The largest absolute Gasteiger partial charge is 0.198 e. The van der Waals surface area contributed by atoms with Gasteiger partial charge in [-0.2, -0.15) is 5.26 Å². The van der Waals surface area contributed by atoms with Gasteiger partial charge in [-0.1, -0.05) is 50.2 Å². The Morgan fingerprint density at radius 1 is 0.706 bits per heavy atom. The van der Waals surface area contributed by atoms with Crippen LogP contribution in [0.15, 0.2) is 11.1 Å². The average molecular weight is 458 g/mol. The van der Waals surface area contributed by atoms with Crippen molar-refractivity contribution in [2.24, 2.45) is 76.4 Å². The van der Waals surface area contributed by atoms with E-state index in [0.29, 0.717) is 11.3 Å². The van der Waals surface area contributed by atoms with Crippen LogP contribution in [-0.4, -0.2) is 0 Å². The van der Waals surface area contributed by atoms with Gasteiger partial charge in [0.1, 0.15) is 0 Å². The summed E-state index contributed by atoms with van der Waals surface area (Å²) < 4.78 is 0. The lowest BCUT2D eigenvalue weighted by atomic mass is 9.47. The minimum atomic E-state index is 0.367. The predicted molar refractivity (Wildman–Crippen MR) is 136 cm³/mol. The number of hydrogen-bond acceptors (Lipinski definition) is 1. The van der Waals surface area contributed by atoms with Gasteiger partial charge < -0.3 is 0 Å². The first-order chi connectivity index (χ1) is 16.7. The predicted octanol–water partition coefficient (Wildman–Crippen LogP) is 8.56. The number of fused-ring (bicyclic) bond motifs is 5. The molecular weight excluding hydrogens is 410 g/mol. The first-order valence-electron chi connectivity index (χ1n) is 15.9. The Morgan fingerprint density at radius 2 is 1.47 bits per heavy atom. The van der Waals surface area contributed by atoms with Crippen molar-refractivity contribution < 1.29 is 0 Å². The van der Waals surface area contributed by atoms with Crippen LogP contribution in [0.2, 0.25) is 0 Å². The molecule has 13 atom stereocenters. The standard InChI is InChI=1S/C33H47N/c1-19-16-22-7-5-11-29-30(22)31-23(19)14-15-26-25-8-2-3-9-28(25)33(29,32(26)31)27-10-4-6-21-17-20(18-34)12-13-24(21)27/h19-22,24-30,32H,2-17H2,1H3. The fourth-order valence-electron chi connectivity index (χ4n) is 13.8. The molecule has 13 unspecified atom stereocenters. The van der Waals surface area contributed by atoms with Gasteiger partial charge in [0.15, 0.2) is 0 Å². The molecule has 34 heavy (non-hydrogen) atoms. The van der Waals surface area contributed by atoms with Crippen LogP contribution in [0.1, 0.15) is 110 Å². The molecule has 0 heterocycles. The summed E-state index contributed by atoms with van der Waals surface area (Å²) in [5.41, 5.74) is 4.86. The van der Waals surface area contributed by atoms with Crippen LogP contribution >= 0.6 is 0 Å². The lowest BCUT2D eigenvalue weighted by Crippen LogP contribution is -2.52. The molecule has 8 aliphatic carbocycles. The van der Waals surface area contributed by atoms with Gasteiger partial charge in [0.25, 0.3) is 0 Å². The van der Waals surface area contributed by atoms with E-state index in [9.17, 15) is 5.26 Å². The Hall–Kier alpha value is -0.770. The highest BCUT2D eigenvalue weighted by Crippen LogP contribution is 2.81. The van der Waals surface area contributed by atoms with Crippen molar-refractivity contribution in [3.8, 4) is 6.07 Å². The molecule has 0 aliphatic heterocycles. The van der Waals surface area contributed by atoms with Crippen molar-refractivity contribution in [2.75, 3.05) is 0 Å². The molecule has 0 radical (unpaired) electrons. The van der Waals surface area contributed by atoms with Crippen molar-refractivity contribution in [1.29, 1.82) is 5.26 Å². The number of nitriles is 1. The molecule has 0 saturated heterocycles. The molecule has 0 aromatic carbocycles. The third kappa shape index (κ3) is 2.53. The molecule has 8 rings (SSSR count). The maximum absolute atomic E-state index is 9.76. The summed E-state index contributed by atoms with van der Waals surface area (Å²) in [5, 5.41) is 9.76. The van der Waals surface area contributed by atoms with Gasteiger partial charge in [-0.15, -0.1) is 0 Å². The summed E-state index contributed by atoms with van der Waals surface area (Å²) in [6, 6.07) is 2.71. The molecule has 0 amide bonds. The third-order valence-corrected chi connectivity index (χ3v) is 14.2. The van der Waals surface area contributed by atoms with E-state index in [1.54, 1.807) is 38.5 Å². The maximum atomic E-state index is 9.76. The monoisotopic (exact) mass is 457 g/mol. The highest BCUT2D eigenvalue weighted by atomic mass is 14.8. The second kappa shape index (κ2) is 7.62. The quantitative estimate of drug-likeness (QED) is 0.362. The zero-order valence-corrected chi connectivity index (χ0v) is 21.7. The molecule has 8 aliphatic rings. The lowest BCUT2D eigenvalue weighted by molar-refractivity contribution is -0.0952. The minimum Gasteiger partial charge on any atom is -0.198 e. The summed E-state index contributed by atoms with van der Waals surface area (Å²) in [4.78, 5) is 0. The fraction of sp³-hybridized carbons (Fsp3) is 0.909. The van der Waals surface area contributed by atoms with Gasteiger partial charge in [0, 0.05) is 5.92 Å². The SMILES string of the molecule is CC1CC2CCCC3C2C2=C1CCC1C4CCCCC4C3(C3CCCC4CC(C#N)CCC43)C21. The van der Waals surface area contributed by atoms with Crippen molar-refractivity contribution in [2.45, 2.75) is 110 Å². The van der Waals surface area contributed by atoms with Gasteiger partial charge in [0.05, 0.1) is 6.07 Å². The molecule has 0 N–H and O–H groups in total. The maximum Gasteiger partial charge on any atom is 0.0655 e. The first kappa shape index (κ1) is 21.3. The van der Waals surface area contributed by atoms with Crippen LogP contribution < -0.4 is 0 Å². The van der Waals surface area contributed by atoms with E-state index in [4.69, 9.17) is 0 Å². The Bertz CT molecular complexity index is 923. The summed E-state index contributed by atoms with van der Waals surface area (Å²) in [5.74, 6) is 11.4. The van der Waals surface area contributed by atoms with Crippen LogP contribution in [-0.2, 0) is 0 Å². The highest BCUT2D eigenvalue weighted by molar-refractivity contribution is 5.41. The molecular formula is C33H47N. The Kier molecular flexibility index (Phi) is 4.78. The average Bonchev–Trinajstić information content (AvgIpc) is 3.36. The van der Waals surface area contributed by atoms with Gasteiger partial charge in [-0.05, 0) is 141 Å². The van der Waals surface area contributed by atoms with Crippen LogP contribution in [0.25, 0.3) is 0 Å². The summed E-state index contributed by atoms with van der Waals surface area (Å²) in [6.45, 7) is 2.63. The van der Waals surface area contributed by atoms with Gasteiger partial charge in [-0.3, -0.25) is 0 Å². The van der Waals surface area contributed by atoms with Crippen LogP contribution in [0.3, 0.4) is 0 Å². The molecule has 6 fully saturated rings. The van der Waals surface area contributed by atoms with Crippen LogP contribution in [0.4, 0.5) is 0 Å². The summed E-state index contributed by atoms with van der Waals surface area (Å²) in [7, 11) is 0. The molecule has 1 nitrogen and oxygen atoms in total. The van der Waals surface area contributed by atoms with E-state index < -0.39 is 0 Å². The van der Waals surface area contributed by atoms with Crippen molar-refractivity contribution >= 4 is 0 Å². The minimum absolute atomic E-state index is 0.367. The Morgan fingerprint density at radius 3 is 2.35 bits per heavy atom. The zero-order chi connectivity index (χ0) is 22.6. The molecule has 0 bridgehead atoms. The summed E-state index contributed by atoms with van der Waals surface area (Å²) >= 11 is 0. The number of nitrogens with zero attached hydrogens (tertiary/aromatic N) is 1. The molecule has 0 spiro atoms. The molecule has 0 aromatic rings. The molecule has 0 aromatic heterocycles. The first-order valence-corrected chi connectivity index (χ1v) is 15.9. The van der Waals surface area contributed by atoms with Crippen molar-refractivity contribution in [3.63, 3.8) is 0 Å². The van der Waals surface area contributed by atoms with Gasteiger partial charge >= 0.3 is 0 Å². The van der Waals surface area contributed by atoms with E-state index in [0.717, 1.165) is 65.1 Å². The van der Waals surface area contributed by atoms with E-state index in [1.165, 1.54) is 64.2 Å². The Balaban J connectivity index is 1.32. The zero-order valence-electron chi connectivity index (χ0n) is 21.7. The fourth-order valence-corrected chi connectivity index (χ4v) is 13.8. The van der Waals surface area contributed by atoms with E-state index >= 15 is 0 Å². The molecule has 6 saturated carbocycles. The number of hydrogen-bond donors (Lipinski definition) is 0. The Labute approximate surface area is 208 Å². The van der Waals surface area contributed by atoms with Gasteiger partial charge in [-0.25, -0.2) is 0 Å². The summed E-state index contributed by atoms with van der Waals surface area (Å²) in [6.07, 6.45) is 23.8. The number of rotatable bonds is 1. The second-order valence-corrected chi connectivity index (χ2v) is 14.8. The second-order valence-electron chi connectivity index (χ2n) is 14.8. The molecule has 1 heteroatoms. The van der Waals surface area contributed by atoms with E-state index in [1.807, 2.05) is 5.57 Å². The third-order valence-electron chi connectivity index (χ3n) is 14.2. The topological polar surface area (TPSA) is 23.8 Å². The lowest BCUT2D eigenvalue weighted by Gasteiger charge is -2.57. The highest BCUT2D eigenvalue weighted by Gasteiger charge is 2.74. The van der Waals surface area contributed by atoms with Crippen LogP contribution in [0.5, 0.6) is 0 Å². The van der Waals surface area contributed by atoms with Crippen molar-refractivity contribution in [3.05, 3.63) is 11.1 Å². The molecule has 184 valence electrons. The number of allylic oxidation sites excluding steroid dienone is 2. The van der Waals surface area contributed by atoms with Crippen LogP contribution in [0, 0.1) is 87.8 Å². The van der Waals surface area contributed by atoms with E-state index in [2.05, 4.69) is 18.6 Å². The van der Waals surface area contributed by atoms with E-state index in [-0.39, 0.29) is 0 Å². The normalized spacial score (nSPS) is 57.4.